The largest absolute Gasteiger partial charge is 0.343 e. The molecule has 2 amide bonds. The fourth-order valence-corrected chi connectivity index (χ4v) is 2.82. The Labute approximate surface area is 141 Å². The summed E-state index contributed by atoms with van der Waals surface area (Å²) in [6.07, 6.45) is 6.51. The van der Waals surface area contributed by atoms with Crippen LogP contribution in [-0.2, 0) is 22.4 Å². The van der Waals surface area contributed by atoms with Gasteiger partial charge in [-0.05, 0) is 54.2 Å². The van der Waals surface area contributed by atoms with Crippen LogP contribution in [0.5, 0.6) is 0 Å². The number of anilines is 1. The normalized spacial score (nSPS) is 12.8. The number of hydrogen-bond donors (Lipinski definition) is 2. The number of amides is 2. The first-order valence-corrected chi connectivity index (χ1v) is 8.13. The van der Waals surface area contributed by atoms with Crippen molar-refractivity contribution < 1.29 is 9.59 Å². The SMILES string of the molecule is O=C(/C=C/c1ccccc1)NCC(=O)Nc1ccc2c(c1)CCC2. The van der Waals surface area contributed by atoms with Crippen LogP contribution in [-0.4, -0.2) is 18.4 Å². The third-order valence-corrected chi connectivity index (χ3v) is 4.03. The predicted octanol–water partition coefficient (Wildman–Crippen LogP) is 2.94. The standard InChI is InChI=1S/C20H20N2O2/c23-19(12-9-15-5-2-1-3-6-15)21-14-20(24)22-18-11-10-16-7-4-8-17(16)13-18/h1-3,5-6,9-13H,4,7-8,14H2,(H,21,23)(H,22,24)/b12-9+. The van der Waals surface area contributed by atoms with Crippen molar-refractivity contribution >= 4 is 23.6 Å². The highest BCUT2D eigenvalue weighted by molar-refractivity contribution is 5.98. The van der Waals surface area contributed by atoms with Crippen LogP contribution in [0.2, 0.25) is 0 Å². The van der Waals surface area contributed by atoms with E-state index in [9.17, 15) is 9.59 Å². The van der Waals surface area contributed by atoms with Gasteiger partial charge in [0.05, 0.1) is 6.54 Å². The van der Waals surface area contributed by atoms with Crippen LogP contribution in [0.25, 0.3) is 6.08 Å². The first-order valence-electron chi connectivity index (χ1n) is 8.13. The van der Waals surface area contributed by atoms with Crippen LogP contribution < -0.4 is 10.6 Å². The molecule has 4 nitrogen and oxygen atoms in total. The summed E-state index contributed by atoms with van der Waals surface area (Å²) in [5, 5.41) is 5.41. The van der Waals surface area contributed by atoms with Gasteiger partial charge in [0.25, 0.3) is 0 Å². The molecular weight excluding hydrogens is 300 g/mol. The van der Waals surface area contributed by atoms with Crippen molar-refractivity contribution in [2.24, 2.45) is 0 Å². The van der Waals surface area contributed by atoms with E-state index in [2.05, 4.69) is 16.7 Å². The maximum absolute atomic E-state index is 11.9. The summed E-state index contributed by atoms with van der Waals surface area (Å²) in [7, 11) is 0. The molecule has 0 fully saturated rings. The van der Waals surface area contributed by atoms with Crippen LogP contribution in [0, 0.1) is 0 Å². The average Bonchev–Trinajstić information content (AvgIpc) is 3.07. The molecule has 0 heterocycles. The lowest BCUT2D eigenvalue weighted by Crippen LogP contribution is -2.31. The highest BCUT2D eigenvalue weighted by Crippen LogP contribution is 2.24. The molecule has 2 N–H and O–H groups in total. The molecule has 0 saturated heterocycles. The van der Waals surface area contributed by atoms with E-state index in [1.54, 1.807) is 6.08 Å². The highest BCUT2D eigenvalue weighted by Gasteiger charge is 2.11. The molecule has 2 aromatic carbocycles. The lowest BCUT2D eigenvalue weighted by molar-refractivity contribution is -0.121. The number of hydrogen-bond acceptors (Lipinski definition) is 2. The molecule has 0 unspecified atom stereocenters. The Morgan fingerprint density at radius 3 is 2.62 bits per heavy atom. The molecule has 4 heteroatoms. The van der Waals surface area contributed by atoms with Crippen LogP contribution in [0.15, 0.2) is 54.6 Å². The molecule has 0 aliphatic heterocycles. The monoisotopic (exact) mass is 320 g/mol. The van der Waals surface area contributed by atoms with E-state index < -0.39 is 0 Å². The summed E-state index contributed by atoms with van der Waals surface area (Å²) in [6.45, 7) is -0.0466. The number of rotatable bonds is 5. The van der Waals surface area contributed by atoms with Gasteiger partial charge in [-0.2, -0.15) is 0 Å². The van der Waals surface area contributed by atoms with E-state index in [1.807, 2.05) is 42.5 Å². The Morgan fingerprint density at radius 2 is 1.79 bits per heavy atom. The van der Waals surface area contributed by atoms with Gasteiger partial charge in [0.1, 0.15) is 0 Å². The van der Waals surface area contributed by atoms with Crippen molar-refractivity contribution in [2.45, 2.75) is 19.3 Å². The van der Waals surface area contributed by atoms with E-state index >= 15 is 0 Å². The summed E-state index contributed by atoms with van der Waals surface area (Å²) < 4.78 is 0. The Hall–Kier alpha value is -2.88. The van der Waals surface area contributed by atoms with Crippen molar-refractivity contribution in [3.05, 3.63) is 71.3 Å². The molecule has 0 radical (unpaired) electrons. The number of nitrogens with one attached hydrogen (secondary N) is 2. The topological polar surface area (TPSA) is 58.2 Å². The first kappa shape index (κ1) is 16.0. The molecule has 0 atom stereocenters. The molecule has 0 spiro atoms. The quantitative estimate of drug-likeness (QED) is 0.832. The van der Waals surface area contributed by atoms with Crippen LogP contribution in [0.4, 0.5) is 5.69 Å². The van der Waals surface area contributed by atoms with Crippen molar-refractivity contribution in [2.75, 3.05) is 11.9 Å². The summed E-state index contributed by atoms with van der Waals surface area (Å²) >= 11 is 0. The third-order valence-electron chi connectivity index (χ3n) is 4.03. The summed E-state index contributed by atoms with van der Waals surface area (Å²) in [5.74, 6) is -0.516. The van der Waals surface area contributed by atoms with Gasteiger partial charge in [-0.25, -0.2) is 0 Å². The highest BCUT2D eigenvalue weighted by atomic mass is 16.2. The van der Waals surface area contributed by atoms with Gasteiger partial charge in [-0.3, -0.25) is 9.59 Å². The van der Waals surface area contributed by atoms with Gasteiger partial charge in [0, 0.05) is 11.8 Å². The second kappa shape index (κ2) is 7.59. The molecule has 0 bridgehead atoms. The van der Waals surface area contributed by atoms with Gasteiger partial charge < -0.3 is 10.6 Å². The van der Waals surface area contributed by atoms with E-state index in [-0.39, 0.29) is 18.4 Å². The molecule has 3 rings (SSSR count). The lowest BCUT2D eigenvalue weighted by Gasteiger charge is -2.07. The van der Waals surface area contributed by atoms with E-state index in [0.717, 1.165) is 24.1 Å². The van der Waals surface area contributed by atoms with Gasteiger partial charge in [0.2, 0.25) is 11.8 Å². The zero-order valence-electron chi connectivity index (χ0n) is 13.4. The molecular formula is C20H20N2O2. The number of carbonyl (C=O) groups excluding carboxylic acids is 2. The number of benzene rings is 2. The Kier molecular flexibility index (Phi) is 5.06. The Bertz CT molecular complexity index is 766. The minimum absolute atomic E-state index is 0.0466. The summed E-state index contributed by atoms with van der Waals surface area (Å²) in [5.41, 5.74) is 4.40. The number of aryl methyl sites for hydroxylation is 2. The lowest BCUT2D eigenvalue weighted by atomic mass is 10.1. The minimum Gasteiger partial charge on any atom is -0.343 e. The van der Waals surface area contributed by atoms with Crippen molar-refractivity contribution in [3.8, 4) is 0 Å². The zero-order chi connectivity index (χ0) is 16.8. The molecule has 0 aromatic heterocycles. The zero-order valence-corrected chi connectivity index (χ0v) is 13.4. The van der Waals surface area contributed by atoms with Crippen LogP contribution in [0.3, 0.4) is 0 Å². The molecule has 1 aliphatic carbocycles. The fraction of sp³-hybridized carbons (Fsp3) is 0.200. The van der Waals surface area contributed by atoms with E-state index in [0.29, 0.717) is 0 Å². The second-order valence-corrected chi connectivity index (χ2v) is 5.85. The van der Waals surface area contributed by atoms with Gasteiger partial charge >= 0.3 is 0 Å². The summed E-state index contributed by atoms with van der Waals surface area (Å²) in [4.78, 5) is 23.7. The van der Waals surface area contributed by atoms with Crippen molar-refractivity contribution in [3.63, 3.8) is 0 Å². The first-order chi connectivity index (χ1) is 11.7. The fourth-order valence-electron chi connectivity index (χ4n) is 2.82. The van der Waals surface area contributed by atoms with Crippen molar-refractivity contribution in [1.82, 2.24) is 5.32 Å². The van der Waals surface area contributed by atoms with Gasteiger partial charge in [-0.1, -0.05) is 36.4 Å². The number of fused-ring (bicyclic) bond motifs is 1. The van der Waals surface area contributed by atoms with E-state index in [1.165, 1.54) is 23.6 Å². The molecule has 24 heavy (non-hydrogen) atoms. The molecule has 0 saturated carbocycles. The third kappa shape index (κ3) is 4.32. The maximum atomic E-state index is 11.9. The predicted molar refractivity (Wildman–Crippen MR) is 95.6 cm³/mol. The Morgan fingerprint density at radius 1 is 1.00 bits per heavy atom. The van der Waals surface area contributed by atoms with Gasteiger partial charge in [0.15, 0.2) is 0 Å². The maximum Gasteiger partial charge on any atom is 0.244 e. The number of carbonyl (C=O) groups is 2. The Balaban J connectivity index is 1.47. The van der Waals surface area contributed by atoms with Crippen molar-refractivity contribution in [1.29, 1.82) is 0 Å². The second-order valence-electron chi connectivity index (χ2n) is 5.85. The van der Waals surface area contributed by atoms with E-state index in [4.69, 9.17) is 0 Å². The van der Waals surface area contributed by atoms with Crippen LogP contribution >= 0.6 is 0 Å². The minimum atomic E-state index is -0.289. The molecule has 122 valence electrons. The smallest absolute Gasteiger partial charge is 0.244 e. The average molecular weight is 320 g/mol. The van der Waals surface area contributed by atoms with Crippen LogP contribution in [0.1, 0.15) is 23.1 Å². The summed E-state index contributed by atoms with van der Waals surface area (Å²) in [6, 6.07) is 15.5. The molecule has 2 aromatic rings. The van der Waals surface area contributed by atoms with Gasteiger partial charge in [-0.15, -0.1) is 0 Å². The molecule has 1 aliphatic rings.